The van der Waals surface area contributed by atoms with E-state index in [9.17, 15) is 0 Å². The highest BCUT2D eigenvalue weighted by molar-refractivity contribution is 6.34. The number of hydrogen-bond donors (Lipinski definition) is 1. The molecule has 0 fully saturated rings. The zero-order chi connectivity index (χ0) is 5.28. The Hall–Kier alpha value is -0.660. The van der Waals surface area contributed by atoms with E-state index >= 15 is 0 Å². The molecule has 1 heterocycles. The van der Waals surface area contributed by atoms with Crippen LogP contribution in [0.4, 0.5) is 0 Å². The Balaban J connectivity index is 3.04. The van der Waals surface area contributed by atoms with Crippen molar-refractivity contribution in [2.45, 2.75) is 0 Å². The SMILES string of the molecule is [B]c1cnc([B])[nH]1. The van der Waals surface area contributed by atoms with Crippen LogP contribution in [-0.4, -0.2) is 25.7 Å². The first-order valence-corrected chi connectivity index (χ1v) is 1.85. The van der Waals surface area contributed by atoms with E-state index in [4.69, 9.17) is 15.7 Å². The van der Waals surface area contributed by atoms with Crippen molar-refractivity contribution in [3.8, 4) is 0 Å². The number of hydrogen-bond acceptors (Lipinski definition) is 1. The zero-order valence-electron chi connectivity index (χ0n) is 3.68. The first-order valence-electron chi connectivity index (χ1n) is 1.85. The van der Waals surface area contributed by atoms with E-state index < -0.39 is 0 Å². The smallest absolute Gasteiger partial charge is 0.167 e. The van der Waals surface area contributed by atoms with Crippen molar-refractivity contribution in [2.75, 3.05) is 0 Å². The molecule has 0 aliphatic rings. The molecule has 1 N–H and O–H groups in total. The average molecular weight is 87.7 g/mol. The molecule has 4 heteroatoms. The minimum atomic E-state index is 0.359. The fourth-order valence-electron chi connectivity index (χ4n) is 0.352. The molecular formula is C3H2B2N2. The topological polar surface area (TPSA) is 28.7 Å². The maximum Gasteiger partial charge on any atom is 0.167 e. The van der Waals surface area contributed by atoms with Gasteiger partial charge in [-0.1, -0.05) is 0 Å². The number of aromatic amines is 1. The summed E-state index contributed by atoms with van der Waals surface area (Å²) in [6, 6.07) is 0. The Labute approximate surface area is 44.2 Å². The summed E-state index contributed by atoms with van der Waals surface area (Å²) >= 11 is 0. The lowest BCUT2D eigenvalue weighted by molar-refractivity contribution is 1.41. The zero-order valence-corrected chi connectivity index (χ0v) is 3.68. The van der Waals surface area contributed by atoms with Gasteiger partial charge in [-0.05, 0) is 5.59 Å². The minimum absolute atomic E-state index is 0.359. The van der Waals surface area contributed by atoms with E-state index in [-0.39, 0.29) is 0 Å². The molecule has 1 rings (SSSR count). The Morgan fingerprint density at radius 3 is 2.43 bits per heavy atom. The summed E-state index contributed by atoms with van der Waals surface area (Å²) in [6.07, 6.45) is 1.47. The highest BCUT2D eigenvalue weighted by Crippen LogP contribution is 1.55. The lowest BCUT2D eigenvalue weighted by atomic mass is 10.1. The molecule has 1 aromatic heterocycles. The molecule has 0 bridgehead atoms. The lowest BCUT2D eigenvalue weighted by Gasteiger charge is -1.75. The minimum Gasteiger partial charge on any atom is -0.365 e. The van der Waals surface area contributed by atoms with Crippen molar-refractivity contribution >= 4 is 27.0 Å². The van der Waals surface area contributed by atoms with Crippen LogP contribution in [0.1, 0.15) is 0 Å². The molecule has 4 radical (unpaired) electrons. The Morgan fingerprint density at radius 2 is 2.29 bits per heavy atom. The van der Waals surface area contributed by atoms with Gasteiger partial charge in [0.15, 0.2) is 7.85 Å². The molecule has 1 aromatic rings. The molecule has 2 nitrogen and oxygen atoms in total. The summed E-state index contributed by atoms with van der Waals surface area (Å²) in [4.78, 5) is 6.20. The van der Waals surface area contributed by atoms with Gasteiger partial charge in [0.25, 0.3) is 0 Å². The molecule has 0 aliphatic heterocycles. The van der Waals surface area contributed by atoms with E-state index in [1.165, 1.54) is 6.20 Å². The predicted molar refractivity (Wildman–Crippen MR) is 29.4 cm³/mol. The van der Waals surface area contributed by atoms with Crippen LogP contribution in [0.15, 0.2) is 6.20 Å². The second-order valence-corrected chi connectivity index (χ2v) is 1.22. The maximum absolute atomic E-state index is 5.18. The van der Waals surface area contributed by atoms with Crippen LogP contribution in [0.5, 0.6) is 0 Å². The monoisotopic (exact) mass is 88.0 g/mol. The van der Waals surface area contributed by atoms with Crippen LogP contribution in [0, 0.1) is 0 Å². The third-order valence-electron chi connectivity index (χ3n) is 0.615. The average Bonchev–Trinajstić information content (AvgIpc) is 1.87. The van der Waals surface area contributed by atoms with Crippen molar-refractivity contribution in [3.05, 3.63) is 6.20 Å². The van der Waals surface area contributed by atoms with Crippen molar-refractivity contribution in [2.24, 2.45) is 0 Å². The molecule has 0 amide bonds. The van der Waals surface area contributed by atoms with Gasteiger partial charge < -0.3 is 4.98 Å². The second-order valence-electron chi connectivity index (χ2n) is 1.22. The molecule has 0 aromatic carbocycles. The van der Waals surface area contributed by atoms with Crippen molar-refractivity contribution in [1.82, 2.24) is 9.97 Å². The molecule has 0 saturated heterocycles. The quantitative estimate of drug-likeness (QED) is 0.365. The molecule has 0 unspecified atom stereocenters. The lowest BCUT2D eigenvalue weighted by Crippen LogP contribution is -2.11. The van der Waals surface area contributed by atoms with E-state index in [1.54, 1.807) is 0 Å². The summed E-state index contributed by atoms with van der Waals surface area (Å²) in [7, 11) is 10.3. The third-order valence-corrected chi connectivity index (χ3v) is 0.615. The first kappa shape index (κ1) is 4.50. The number of imidazole rings is 1. The molecule has 30 valence electrons. The van der Waals surface area contributed by atoms with E-state index in [0.29, 0.717) is 11.3 Å². The summed E-state index contributed by atoms with van der Waals surface area (Å²) in [6.45, 7) is 0. The van der Waals surface area contributed by atoms with Crippen molar-refractivity contribution in [3.63, 3.8) is 0 Å². The van der Waals surface area contributed by atoms with Crippen LogP contribution in [0.3, 0.4) is 0 Å². The van der Waals surface area contributed by atoms with Crippen LogP contribution in [0.25, 0.3) is 0 Å². The Bertz CT molecular complexity index is 143. The standard InChI is InChI=1S/C3H2B2N2/c4-2-1-6-3(5)7-2/h1H,(H,6,7). The fourth-order valence-corrected chi connectivity index (χ4v) is 0.352. The number of nitrogens with zero attached hydrogens (tertiary/aromatic N) is 1. The second kappa shape index (κ2) is 1.45. The number of nitrogens with one attached hydrogen (secondary N) is 1. The van der Waals surface area contributed by atoms with Crippen molar-refractivity contribution < 1.29 is 0 Å². The normalized spacial score (nSPS) is 9.14. The van der Waals surface area contributed by atoms with Crippen LogP contribution in [0.2, 0.25) is 0 Å². The van der Waals surface area contributed by atoms with Gasteiger partial charge in [-0.25, -0.2) is 0 Å². The van der Waals surface area contributed by atoms with Gasteiger partial charge in [0.1, 0.15) is 7.85 Å². The van der Waals surface area contributed by atoms with E-state index in [1.807, 2.05) is 0 Å². The van der Waals surface area contributed by atoms with Gasteiger partial charge in [0.05, 0.1) is 0 Å². The Morgan fingerprint density at radius 1 is 1.57 bits per heavy atom. The molecule has 0 saturated carbocycles. The number of H-pyrrole nitrogens is 1. The van der Waals surface area contributed by atoms with Gasteiger partial charge >= 0.3 is 0 Å². The highest BCUT2D eigenvalue weighted by atomic mass is 14.9. The summed E-state index contributed by atoms with van der Waals surface area (Å²) in [5, 5.41) is 0. The van der Waals surface area contributed by atoms with E-state index in [0.717, 1.165) is 0 Å². The van der Waals surface area contributed by atoms with E-state index in [2.05, 4.69) is 9.97 Å². The maximum atomic E-state index is 5.18. The largest absolute Gasteiger partial charge is 0.365 e. The van der Waals surface area contributed by atoms with Gasteiger partial charge in [-0.2, -0.15) is 0 Å². The summed E-state index contributed by atoms with van der Waals surface area (Å²) in [5.41, 5.74) is 0.856. The number of rotatable bonds is 0. The van der Waals surface area contributed by atoms with Crippen LogP contribution in [-0.2, 0) is 0 Å². The highest BCUT2D eigenvalue weighted by Gasteiger charge is 1.83. The van der Waals surface area contributed by atoms with Gasteiger partial charge in [-0.15, -0.1) is 0 Å². The van der Waals surface area contributed by atoms with Gasteiger partial charge in [-0.3, -0.25) is 4.98 Å². The van der Waals surface area contributed by atoms with Crippen molar-refractivity contribution in [1.29, 1.82) is 0 Å². The summed E-state index contributed by atoms with van der Waals surface area (Å²) in [5.74, 6) is 0. The molecule has 0 atom stereocenters. The Kier molecular flexibility index (Phi) is 0.929. The molecule has 0 aliphatic carbocycles. The van der Waals surface area contributed by atoms with Gasteiger partial charge in [0, 0.05) is 11.9 Å². The summed E-state index contributed by atoms with van der Waals surface area (Å²) < 4.78 is 0. The van der Waals surface area contributed by atoms with Crippen LogP contribution >= 0.6 is 0 Å². The third kappa shape index (κ3) is 0.856. The van der Waals surface area contributed by atoms with Crippen LogP contribution < -0.4 is 11.3 Å². The molecule has 0 spiro atoms. The predicted octanol–water partition coefficient (Wildman–Crippen LogP) is -2.00. The first-order chi connectivity index (χ1) is 3.29. The molecular weight excluding hydrogens is 85.7 g/mol. The fraction of sp³-hybridized carbons (Fsp3) is 0. The molecule has 7 heavy (non-hydrogen) atoms. The number of aromatic nitrogens is 2. The van der Waals surface area contributed by atoms with Gasteiger partial charge in [0.2, 0.25) is 0 Å².